The van der Waals surface area contributed by atoms with Crippen molar-refractivity contribution in [1.29, 1.82) is 0 Å². The van der Waals surface area contributed by atoms with E-state index in [9.17, 15) is 18.3 Å². The minimum absolute atomic E-state index is 0.0775. The molecular weight excluding hydrogens is 476 g/mol. The number of carbonyl (C=O) groups is 1. The monoisotopic (exact) mass is 528 g/mol. The van der Waals surface area contributed by atoms with Crippen LogP contribution in [-0.4, -0.2) is 86.3 Å². The second kappa shape index (κ2) is 13.0. The molecule has 0 spiro atoms. The van der Waals surface area contributed by atoms with Crippen LogP contribution in [0.4, 0.5) is 0 Å². The number of hydrogen-bond acceptors (Lipinski definition) is 6. The molecule has 0 radical (unpaired) electrons. The Bertz CT molecular complexity index is 809. The number of hydrogen-bond donors (Lipinski definition) is 1. The van der Waals surface area contributed by atoms with Crippen molar-refractivity contribution in [3.8, 4) is 0 Å². The van der Waals surface area contributed by atoms with E-state index in [-0.39, 0.29) is 11.3 Å². The molecule has 1 N–H and O–H groups in total. The summed E-state index contributed by atoms with van der Waals surface area (Å²) in [6.07, 6.45) is 13.8. The Morgan fingerprint density at radius 3 is 2.31 bits per heavy atom. The summed E-state index contributed by atoms with van der Waals surface area (Å²) < 4.78 is 30.6. The van der Waals surface area contributed by atoms with Crippen LogP contribution in [0.1, 0.15) is 91.4 Å². The molecule has 2 aliphatic carbocycles. The minimum Gasteiger partial charge on any atom is -0.388 e. The van der Waals surface area contributed by atoms with Gasteiger partial charge in [0.1, 0.15) is 5.78 Å². The summed E-state index contributed by atoms with van der Waals surface area (Å²) in [6, 6.07) is 0. The molecule has 5 unspecified atom stereocenters. The van der Waals surface area contributed by atoms with Gasteiger partial charge in [-0.25, -0.2) is 8.42 Å². The Kier molecular flexibility index (Phi) is 10.8. The Balaban J connectivity index is 1.50. The van der Waals surface area contributed by atoms with Crippen LogP contribution in [0.25, 0.3) is 0 Å². The zero-order valence-electron chi connectivity index (χ0n) is 23.3. The van der Waals surface area contributed by atoms with Gasteiger partial charge >= 0.3 is 0 Å². The largest absolute Gasteiger partial charge is 0.388 e. The number of ether oxygens (including phenoxy) is 1. The number of ketones is 1. The van der Waals surface area contributed by atoms with Crippen molar-refractivity contribution in [3.05, 3.63) is 0 Å². The van der Waals surface area contributed by atoms with Crippen molar-refractivity contribution in [1.82, 2.24) is 9.21 Å². The SMILES string of the molecule is CCOCC(C)(O)CCC1CCCCC1CCC1(C)CCCC1C(=O)CN1CCN(S(C)(=O)=O)CC1. The van der Waals surface area contributed by atoms with E-state index in [0.717, 1.165) is 38.5 Å². The molecule has 3 rings (SSSR count). The Morgan fingerprint density at radius 1 is 1.06 bits per heavy atom. The van der Waals surface area contributed by atoms with E-state index in [4.69, 9.17) is 4.74 Å². The number of sulfonamides is 1. The van der Waals surface area contributed by atoms with Crippen LogP contribution < -0.4 is 0 Å². The topological polar surface area (TPSA) is 87.2 Å². The molecule has 1 heterocycles. The zero-order chi connectivity index (χ0) is 26.4. The average Bonchev–Trinajstić information content (AvgIpc) is 3.22. The van der Waals surface area contributed by atoms with Gasteiger partial charge in [0.25, 0.3) is 0 Å². The van der Waals surface area contributed by atoms with Crippen LogP contribution in [-0.2, 0) is 19.6 Å². The first-order chi connectivity index (χ1) is 16.9. The van der Waals surface area contributed by atoms with Gasteiger partial charge in [-0.05, 0) is 69.6 Å². The Hall–Kier alpha value is -0.540. The lowest BCUT2D eigenvalue weighted by Gasteiger charge is -2.38. The van der Waals surface area contributed by atoms with Crippen LogP contribution in [0, 0.1) is 23.2 Å². The summed E-state index contributed by atoms with van der Waals surface area (Å²) in [5.41, 5.74) is -0.673. The van der Waals surface area contributed by atoms with Crippen molar-refractivity contribution in [2.24, 2.45) is 23.2 Å². The Morgan fingerprint density at radius 2 is 1.69 bits per heavy atom. The number of Topliss-reactive ketones (excluding diaryl/α,β-unsaturated/α-hetero) is 1. The minimum atomic E-state index is -3.15. The van der Waals surface area contributed by atoms with Crippen molar-refractivity contribution in [2.45, 2.75) is 97.0 Å². The summed E-state index contributed by atoms with van der Waals surface area (Å²) >= 11 is 0. The summed E-state index contributed by atoms with van der Waals surface area (Å²) in [5, 5.41) is 10.7. The van der Waals surface area contributed by atoms with Gasteiger partial charge in [0, 0.05) is 38.7 Å². The average molecular weight is 529 g/mol. The van der Waals surface area contributed by atoms with Crippen LogP contribution in [0.5, 0.6) is 0 Å². The van der Waals surface area contributed by atoms with Crippen LogP contribution in [0.2, 0.25) is 0 Å². The summed E-state index contributed by atoms with van der Waals surface area (Å²) in [4.78, 5) is 15.6. The zero-order valence-corrected chi connectivity index (χ0v) is 24.2. The number of nitrogens with zero attached hydrogens (tertiary/aromatic N) is 2. The van der Waals surface area contributed by atoms with Crippen LogP contribution >= 0.6 is 0 Å². The lowest BCUT2D eigenvalue weighted by atomic mass is 9.68. The summed E-state index contributed by atoms with van der Waals surface area (Å²) in [5.74, 6) is 1.84. The first kappa shape index (κ1) is 30.0. The molecule has 0 aromatic heterocycles. The van der Waals surface area contributed by atoms with Crippen molar-refractivity contribution in [3.63, 3.8) is 0 Å². The normalized spacial score (nSPS) is 32.4. The highest BCUT2D eigenvalue weighted by molar-refractivity contribution is 7.88. The molecule has 7 nitrogen and oxygen atoms in total. The molecule has 5 atom stereocenters. The Labute approximate surface area is 220 Å². The lowest BCUT2D eigenvalue weighted by molar-refractivity contribution is -0.127. The third-order valence-electron chi connectivity index (χ3n) is 9.47. The van der Waals surface area contributed by atoms with Gasteiger partial charge in [0.05, 0.1) is 25.0 Å². The molecule has 0 bridgehead atoms. The molecular formula is C28H52N2O5S. The van der Waals surface area contributed by atoms with E-state index in [0.29, 0.717) is 63.6 Å². The number of carbonyl (C=O) groups excluding carboxylic acids is 1. The van der Waals surface area contributed by atoms with Crippen LogP contribution in [0.15, 0.2) is 0 Å². The van der Waals surface area contributed by atoms with E-state index in [1.165, 1.54) is 42.7 Å². The quantitative estimate of drug-likeness (QED) is 0.387. The van der Waals surface area contributed by atoms with Crippen molar-refractivity contribution >= 4 is 15.8 Å². The predicted octanol–water partition coefficient (Wildman–Crippen LogP) is 4.09. The molecule has 0 aromatic rings. The molecule has 2 saturated carbocycles. The second-order valence-electron chi connectivity index (χ2n) is 12.5. The van der Waals surface area contributed by atoms with Gasteiger partial charge in [-0.15, -0.1) is 0 Å². The second-order valence-corrected chi connectivity index (χ2v) is 14.5. The third kappa shape index (κ3) is 8.48. The van der Waals surface area contributed by atoms with Crippen LogP contribution in [0.3, 0.4) is 0 Å². The fourth-order valence-corrected chi connectivity index (χ4v) is 7.91. The van der Waals surface area contributed by atoms with Gasteiger partial charge < -0.3 is 9.84 Å². The predicted molar refractivity (Wildman–Crippen MR) is 144 cm³/mol. The highest BCUT2D eigenvalue weighted by Gasteiger charge is 2.43. The molecule has 36 heavy (non-hydrogen) atoms. The summed E-state index contributed by atoms with van der Waals surface area (Å²) in [6.45, 7) is 9.95. The van der Waals surface area contributed by atoms with Gasteiger partial charge in [0.2, 0.25) is 10.0 Å². The van der Waals surface area contributed by atoms with E-state index < -0.39 is 15.6 Å². The fourth-order valence-electron chi connectivity index (χ4n) is 7.08. The van der Waals surface area contributed by atoms with E-state index in [1.807, 2.05) is 13.8 Å². The number of aliphatic hydroxyl groups is 1. The van der Waals surface area contributed by atoms with E-state index >= 15 is 0 Å². The molecule has 1 aliphatic heterocycles. The standard InChI is InChI=1S/C28H52N2O5S/c1-5-35-22-28(3,32)16-13-24-10-7-6-9-23(24)12-15-27(2)14-8-11-25(27)26(31)21-29-17-19-30(20-18-29)36(4,33)34/h23-25,32H,5-22H2,1-4H3. The van der Waals surface area contributed by atoms with Crippen molar-refractivity contribution in [2.75, 3.05) is 52.2 Å². The highest BCUT2D eigenvalue weighted by atomic mass is 32.2. The number of piperazine rings is 1. The molecule has 0 aromatic carbocycles. The van der Waals surface area contributed by atoms with Gasteiger partial charge in [-0.2, -0.15) is 4.31 Å². The van der Waals surface area contributed by atoms with Crippen molar-refractivity contribution < 1.29 is 23.1 Å². The first-order valence-electron chi connectivity index (χ1n) is 14.4. The number of rotatable bonds is 13. The third-order valence-corrected chi connectivity index (χ3v) is 10.8. The van der Waals surface area contributed by atoms with E-state index in [1.54, 1.807) is 0 Å². The summed E-state index contributed by atoms with van der Waals surface area (Å²) in [7, 11) is -3.15. The maximum atomic E-state index is 13.4. The molecule has 1 saturated heterocycles. The molecule has 8 heteroatoms. The smallest absolute Gasteiger partial charge is 0.211 e. The van der Waals surface area contributed by atoms with Gasteiger partial charge in [-0.3, -0.25) is 9.69 Å². The van der Waals surface area contributed by atoms with Gasteiger partial charge in [-0.1, -0.05) is 39.0 Å². The molecule has 0 amide bonds. The molecule has 3 fully saturated rings. The fraction of sp³-hybridized carbons (Fsp3) is 0.964. The highest BCUT2D eigenvalue weighted by Crippen LogP contribution is 2.49. The maximum absolute atomic E-state index is 13.4. The van der Waals surface area contributed by atoms with Gasteiger partial charge in [0.15, 0.2) is 0 Å². The molecule has 3 aliphatic rings. The lowest BCUT2D eigenvalue weighted by Crippen LogP contribution is -2.50. The van der Waals surface area contributed by atoms with E-state index in [2.05, 4.69) is 11.8 Å². The first-order valence-corrected chi connectivity index (χ1v) is 16.3. The maximum Gasteiger partial charge on any atom is 0.211 e. The molecule has 210 valence electrons.